The van der Waals surface area contributed by atoms with E-state index in [0.717, 1.165) is 6.42 Å². The Labute approximate surface area is 80.5 Å². The fraction of sp³-hybridized carbons (Fsp3) is 0.333. The van der Waals surface area contributed by atoms with Crippen LogP contribution in [0.1, 0.15) is 18.4 Å². The van der Waals surface area contributed by atoms with Crippen molar-refractivity contribution in [1.29, 1.82) is 0 Å². The molecule has 0 saturated heterocycles. The number of aryl methyl sites for hydroxylation is 1. The number of nitrogens with one attached hydrogen (secondary N) is 1. The van der Waals surface area contributed by atoms with E-state index in [9.17, 15) is 0 Å². The number of benzene rings is 1. The van der Waals surface area contributed by atoms with E-state index in [0.29, 0.717) is 0 Å². The van der Waals surface area contributed by atoms with Crippen LogP contribution >= 0.6 is 0 Å². The van der Waals surface area contributed by atoms with E-state index in [2.05, 4.69) is 41.7 Å². The van der Waals surface area contributed by atoms with Gasteiger partial charge in [0.15, 0.2) is 0 Å². The molecule has 1 heteroatoms. The quantitative estimate of drug-likeness (QED) is 0.678. The summed E-state index contributed by atoms with van der Waals surface area (Å²) >= 11 is 0. The molecule has 1 N–H and O–H groups in total. The van der Waals surface area contributed by atoms with Crippen molar-refractivity contribution in [3.05, 3.63) is 48.2 Å². The predicted molar refractivity (Wildman–Crippen MR) is 57.6 cm³/mol. The van der Waals surface area contributed by atoms with Crippen molar-refractivity contribution in [1.82, 2.24) is 5.32 Å². The molecule has 0 bridgehead atoms. The van der Waals surface area contributed by atoms with Gasteiger partial charge in [0, 0.05) is 7.05 Å². The molecule has 0 aliphatic carbocycles. The minimum Gasteiger partial charge on any atom is -0.394 e. The molecule has 0 aliphatic heterocycles. The van der Waals surface area contributed by atoms with Crippen LogP contribution in [0, 0.1) is 0 Å². The number of hydrogen-bond acceptors (Lipinski definition) is 1. The molecule has 0 atom stereocenters. The number of hydrogen-bond donors (Lipinski definition) is 1. The highest BCUT2D eigenvalue weighted by Gasteiger charge is 1.88. The zero-order valence-corrected chi connectivity index (χ0v) is 8.16. The summed E-state index contributed by atoms with van der Waals surface area (Å²) in [6, 6.07) is 10.6. The van der Waals surface area contributed by atoms with Crippen LogP contribution < -0.4 is 5.32 Å². The van der Waals surface area contributed by atoms with Gasteiger partial charge in [-0.2, -0.15) is 0 Å². The summed E-state index contributed by atoms with van der Waals surface area (Å²) in [6.45, 7) is 0. The van der Waals surface area contributed by atoms with Crippen LogP contribution in [-0.4, -0.2) is 7.05 Å². The molecule has 0 radical (unpaired) electrons. The lowest BCUT2D eigenvalue weighted by molar-refractivity contribution is 0.838. The van der Waals surface area contributed by atoms with Gasteiger partial charge in [-0.3, -0.25) is 0 Å². The van der Waals surface area contributed by atoms with E-state index in [4.69, 9.17) is 0 Å². The molecule has 0 saturated carbocycles. The van der Waals surface area contributed by atoms with Crippen molar-refractivity contribution in [2.45, 2.75) is 19.3 Å². The van der Waals surface area contributed by atoms with Crippen molar-refractivity contribution in [2.24, 2.45) is 0 Å². The lowest BCUT2D eigenvalue weighted by Crippen LogP contribution is -1.91. The van der Waals surface area contributed by atoms with E-state index in [1.807, 2.05) is 13.2 Å². The summed E-state index contributed by atoms with van der Waals surface area (Å²) in [5, 5.41) is 2.99. The number of rotatable bonds is 5. The first-order valence-electron chi connectivity index (χ1n) is 4.79. The maximum Gasteiger partial charge on any atom is 0.00276 e. The topological polar surface area (TPSA) is 12.0 Å². The normalized spacial score (nSPS) is 10.5. The van der Waals surface area contributed by atoms with Crippen molar-refractivity contribution < 1.29 is 0 Å². The summed E-state index contributed by atoms with van der Waals surface area (Å²) < 4.78 is 0. The van der Waals surface area contributed by atoms with Gasteiger partial charge < -0.3 is 5.32 Å². The van der Waals surface area contributed by atoms with Crippen molar-refractivity contribution in [3.8, 4) is 0 Å². The third kappa shape index (κ3) is 4.36. The summed E-state index contributed by atoms with van der Waals surface area (Å²) in [5.41, 5.74) is 1.43. The Morgan fingerprint density at radius 2 is 2.00 bits per heavy atom. The highest BCUT2D eigenvalue weighted by atomic mass is 14.8. The smallest absolute Gasteiger partial charge is 0.00276 e. The molecule has 1 rings (SSSR count). The van der Waals surface area contributed by atoms with Crippen molar-refractivity contribution >= 4 is 0 Å². The Kier molecular flexibility index (Phi) is 4.77. The molecular weight excluding hydrogens is 158 g/mol. The second-order valence-corrected chi connectivity index (χ2v) is 3.07. The molecule has 1 aromatic carbocycles. The lowest BCUT2D eigenvalue weighted by Gasteiger charge is -1.97. The molecule has 0 unspecified atom stereocenters. The maximum absolute atomic E-state index is 2.99. The van der Waals surface area contributed by atoms with Gasteiger partial charge in [0.1, 0.15) is 0 Å². The minimum absolute atomic E-state index is 1.15. The third-order valence-corrected chi connectivity index (χ3v) is 1.96. The van der Waals surface area contributed by atoms with Crippen LogP contribution in [0.4, 0.5) is 0 Å². The molecule has 0 heterocycles. The lowest BCUT2D eigenvalue weighted by atomic mass is 10.1. The number of allylic oxidation sites excluding steroid dienone is 1. The van der Waals surface area contributed by atoms with Crippen LogP contribution in [0.25, 0.3) is 0 Å². The van der Waals surface area contributed by atoms with E-state index >= 15 is 0 Å². The molecule has 1 nitrogen and oxygen atoms in total. The molecular formula is C12H17N. The minimum atomic E-state index is 1.15. The summed E-state index contributed by atoms with van der Waals surface area (Å²) in [5.74, 6) is 0. The molecule has 13 heavy (non-hydrogen) atoms. The first kappa shape index (κ1) is 9.85. The summed E-state index contributed by atoms with van der Waals surface area (Å²) in [4.78, 5) is 0. The summed E-state index contributed by atoms with van der Waals surface area (Å²) in [7, 11) is 1.92. The zero-order valence-electron chi connectivity index (χ0n) is 8.16. The Morgan fingerprint density at radius 3 is 2.69 bits per heavy atom. The predicted octanol–water partition coefficient (Wildman–Crippen LogP) is 2.74. The van der Waals surface area contributed by atoms with Crippen LogP contribution in [0.5, 0.6) is 0 Å². The molecule has 0 aliphatic rings. The van der Waals surface area contributed by atoms with Crippen molar-refractivity contribution in [2.75, 3.05) is 7.05 Å². The first-order valence-corrected chi connectivity index (χ1v) is 4.79. The van der Waals surface area contributed by atoms with E-state index in [-0.39, 0.29) is 0 Å². The SMILES string of the molecule is CNC=CCCCc1ccccc1. The van der Waals surface area contributed by atoms with Crippen LogP contribution in [-0.2, 0) is 6.42 Å². The molecule has 1 aromatic rings. The van der Waals surface area contributed by atoms with E-state index < -0.39 is 0 Å². The van der Waals surface area contributed by atoms with E-state index in [1.165, 1.54) is 18.4 Å². The standard InChI is InChI=1S/C12H17N/c1-13-11-7-3-6-10-12-8-4-2-5-9-12/h2,4-5,7-9,11,13H,3,6,10H2,1H3. The monoisotopic (exact) mass is 175 g/mol. The molecule has 0 fully saturated rings. The van der Waals surface area contributed by atoms with Crippen LogP contribution in [0.2, 0.25) is 0 Å². The Bertz CT molecular complexity index is 239. The third-order valence-electron chi connectivity index (χ3n) is 1.96. The molecule has 70 valence electrons. The largest absolute Gasteiger partial charge is 0.394 e. The average molecular weight is 175 g/mol. The van der Waals surface area contributed by atoms with Crippen LogP contribution in [0.15, 0.2) is 42.6 Å². The second kappa shape index (κ2) is 6.30. The van der Waals surface area contributed by atoms with Gasteiger partial charge >= 0.3 is 0 Å². The highest BCUT2D eigenvalue weighted by Crippen LogP contribution is 2.04. The second-order valence-electron chi connectivity index (χ2n) is 3.07. The highest BCUT2D eigenvalue weighted by molar-refractivity contribution is 5.14. The van der Waals surface area contributed by atoms with Gasteiger partial charge in [0.05, 0.1) is 0 Å². The average Bonchev–Trinajstić information content (AvgIpc) is 2.19. The summed E-state index contributed by atoms with van der Waals surface area (Å²) in [6.07, 6.45) is 7.71. The fourth-order valence-corrected chi connectivity index (χ4v) is 1.27. The van der Waals surface area contributed by atoms with Gasteiger partial charge in [0.25, 0.3) is 0 Å². The van der Waals surface area contributed by atoms with Crippen LogP contribution in [0.3, 0.4) is 0 Å². The number of unbranched alkanes of at least 4 members (excludes halogenated alkanes) is 1. The Balaban J connectivity index is 2.17. The van der Waals surface area contributed by atoms with E-state index in [1.54, 1.807) is 0 Å². The van der Waals surface area contributed by atoms with Gasteiger partial charge in [-0.15, -0.1) is 0 Å². The van der Waals surface area contributed by atoms with Gasteiger partial charge in [0.2, 0.25) is 0 Å². The Hall–Kier alpha value is -1.24. The molecule has 0 spiro atoms. The Morgan fingerprint density at radius 1 is 1.23 bits per heavy atom. The van der Waals surface area contributed by atoms with Gasteiger partial charge in [-0.05, 0) is 31.0 Å². The molecule has 0 amide bonds. The maximum atomic E-state index is 2.99. The van der Waals surface area contributed by atoms with Gasteiger partial charge in [-0.25, -0.2) is 0 Å². The van der Waals surface area contributed by atoms with Gasteiger partial charge in [-0.1, -0.05) is 36.4 Å². The molecule has 0 aromatic heterocycles. The first-order chi connectivity index (χ1) is 6.43. The fourth-order valence-electron chi connectivity index (χ4n) is 1.27. The van der Waals surface area contributed by atoms with Crippen molar-refractivity contribution in [3.63, 3.8) is 0 Å². The zero-order chi connectivity index (χ0) is 9.36.